The quantitative estimate of drug-likeness (QED) is 0.535. The molecule has 6 heteroatoms. The zero-order valence-corrected chi connectivity index (χ0v) is 7.33. The van der Waals surface area contributed by atoms with E-state index in [1.807, 2.05) is 0 Å². The lowest BCUT2D eigenvalue weighted by Crippen LogP contribution is -2.37. The number of aliphatic hydroxyl groups excluding tert-OH is 1. The predicted octanol–water partition coefficient (Wildman–Crippen LogP) is -0.427. The lowest BCUT2D eigenvalue weighted by atomic mass is 9.88. The number of rotatable bonds is 1. The number of nitrogens with zero attached hydrogens (tertiary/aromatic N) is 1. The molecule has 0 aromatic rings. The third-order valence-electron chi connectivity index (χ3n) is 3.14. The van der Waals surface area contributed by atoms with Crippen LogP contribution in [0.1, 0.15) is 12.8 Å². The van der Waals surface area contributed by atoms with Crippen LogP contribution in [0.3, 0.4) is 0 Å². The van der Waals surface area contributed by atoms with Gasteiger partial charge in [-0.2, -0.15) is 0 Å². The van der Waals surface area contributed by atoms with Crippen LogP contribution in [0.25, 0.3) is 0 Å². The fourth-order valence-corrected chi connectivity index (χ4v) is 2.54. The van der Waals surface area contributed by atoms with E-state index in [4.69, 9.17) is 10.2 Å². The number of amides is 1. The lowest BCUT2D eigenvalue weighted by molar-refractivity contribution is -0.142. The standard InChI is InChI=1S/C8H11NO5/c10-6-2-4-3(7(11)12)1-5(6)9(4)8(13)14/h3-6,10H,1-2H2,(H,11,12)(H,13,14)/t3-,4?,5?,6?/m1/s1. The second kappa shape index (κ2) is 2.84. The molecular formula is C8H11NO5. The molecule has 0 saturated carbocycles. The fourth-order valence-electron chi connectivity index (χ4n) is 2.54. The molecule has 2 heterocycles. The number of hydrogen-bond donors (Lipinski definition) is 3. The minimum Gasteiger partial charge on any atom is -0.481 e. The van der Waals surface area contributed by atoms with Crippen molar-refractivity contribution in [1.82, 2.24) is 4.90 Å². The van der Waals surface area contributed by atoms with Crippen LogP contribution in [0, 0.1) is 5.92 Å². The molecule has 3 N–H and O–H groups in total. The largest absolute Gasteiger partial charge is 0.481 e. The van der Waals surface area contributed by atoms with Crippen LogP contribution < -0.4 is 0 Å². The van der Waals surface area contributed by atoms with Gasteiger partial charge in [-0.05, 0) is 12.8 Å². The normalized spacial score (nSPS) is 40.2. The zero-order chi connectivity index (χ0) is 10.5. The Hall–Kier alpha value is -1.30. The van der Waals surface area contributed by atoms with E-state index in [0.29, 0.717) is 0 Å². The topological polar surface area (TPSA) is 98.1 Å². The monoisotopic (exact) mass is 201 g/mol. The average Bonchev–Trinajstić information content (AvgIpc) is 2.56. The SMILES string of the molecule is O=C(O)[C@@H]1CC2C(O)CC1N2C(=O)O. The Morgan fingerprint density at radius 3 is 2.21 bits per heavy atom. The van der Waals surface area contributed by atoms with Crippen molar-refractivity contribution in [2.24, 2.45) is 5.92 Å². The number of carboxylic acid groups (broad SMARTS) is 2. The van der Waals surface area contributed by atoms with Crippen LogP contribution in [0.2, 0.25) is 0 Å². The van der Waals surface area contributed by atoms with E-state index >= 15 is 0 Å². The van der Waals surface area contributed by atoms with Crippen molar-refractivity contribution >= 4 is 12.1 Å². The van der Waals surface area contributed by atoms with Crippen molar-refractivity contribution in [3.05, 3.63) is 0 Å². The number of carboxylic acids is 1. The molecule has 0 aliphatic carbocycles. The zero-order valence-electron chi connectivity index (χ0n) is 7.33. The Morgan fingerprint density at radius 2 is 1.79 bits per heavy atom. The molecule has 2 aliphatic rings. The summed E-state index contributed by atoms with van der Waals surface area (Å²) < 4.78 is 0. The van der Waals surface area contributed by atoms with Crippen LogP contribution >= 0.6 is 0 Å². The maximum Gasteiger partial charge on any atom is 0.407 e. The molecule has 0 aromatic heterocycles. The second-order valence-electron chi connectivity index (χ2n) is 3.81. The lowest BCUT2D eigenvalue weighted by Gasteiger charge is -2.18. The second-order valence-corrected chi connectivity index (χ2v) is 3.81. The molecule has 0 radical (unpaired) electrons. The van der Waals surface area contributed by atoms with Gasteiger partial charge in [-0.25, -0.2) is 4.79 Å². The van der Waals surface area contributed by atoms with E-state index in [1.165, 1.54) is 0 Å². The van der Waals surface area contributed by atoms with Gasteiger partial charge in [0.25, 0.3) is 0 Å². The van der Waals surface area contributed by atoms with Crippen molar-refractivity contribution < 1.29 is 24.9 Å². The molecule has 2 rings (SSSR count). The summed E-state index contributed by atoms with van der Waals surface area (Å²) in [5.74, 6) is -1.63. The first kappa shape index (κ1) is 9.26. The van der Waals surface area contributed by atoms with E-state index in [9.17, 15) is 14.7 Å². The van der Waals surface area contributed by atoms with E-state index in [1.54, 1.807) is 0 Å². The summed E-state index contributed by atoms with van der Waals surface area (Å²) in [7, 11) is 0. The minimum absolute atomic E-state index is 0.230. The molecule has 3 unspecified atom stereocenters. The van der Waals surface area contributed by atoms with Gasteiger partial charge >= 0.3 is 12.1 Å². The van der Waals surface area contributed by atoms with E-state index in [2.05, 4.69) is 0 Å². The fraction of sp³-hybridized carbons (Fsp3) is 0.750. The summed E-state index contributed by atoms with van der Waals surface area (Å²) in [5, 5.41) is 27.1. The van der Waals surface area contributed by atoms with Crippen molar-refractivity contribution in [2.75, 3.05) is 0 Å². The van der Waals surface area contributed by atoms with Crippen LogP contribution in [-0.2, 0) is 4.79 Å². The summed E-state index contributed by atoms with van der Waals surface area (Å²) in [5.41, 5.74) is 0. The summed E-state index contributed by atoms with van der Waals surface area (Å²) in [6.45, 7) is 0. The van der Waals surface area contributed by atoms with Crippen LogP contribution in [-0.4, -0.2) is 50.5 Å². The van der Waals surface area contributed by atoms with Crippen molar-refractivity contribution in [3.8, 4) is 0 Å². The Balaban J connectivity index is 2.23. The number of carbonyl (C=O) groups is 2. The molecule has 2 saturated heterocycles. The Labute approximate surface area is 79.7 Å². The highest BCUT2D eigenvalue weighted by Gasteiger charge is 2.55. The molecule has 2 fully saturated rings. The third-order valence-corrected chi connectivity index (χ3v) is 3.14. The number of fused-ring (bicyclic) bond motifs is 2. The van der Waals surface area contributed by atoms with Gasteiger partial charge in [0.05, 0.1) is 24.1 Å². The first-order valence-corrected chi connectivity index (χ1v) is 4.44. The summed E-state index contributed by atoms with van der Waals surface area (Å²) in [4.78, 5) is 22.6. The van der Waals surface area contributed by atoms with Gasteiger partial charge in [-0.1, -0.05) is 0 Å². The maximum atomic E-state index is 10.8. The van der Waals surface area contributed by atoms with E-state index in [0.717, 1.165) is 4.90 Å². The van der Waals surface area contributed by atoms with Crippen LogP contribution in [0.15, 0.2) is 0 Å². The highest BCUT2D eigenvalue weighted by atomic mass is 16.4. The molecule has 1 amide bonds. The Bertz CT molecular complexity index is 291. The molecule has 2 bridgehead atoms. The summed E-state index contributed by atoms with van der Waals surface area (Å²) >= 11 is 0. The number of hydrogen-bond acceptors (Lipinski definition) is 3. The van der Waals surface area contributed by atoms with Crippen LogP contribution in [0.4, 0.5) is 4.79 Å². The van der Waals surface area contributed by atoms with Gasteiger partial charge in [0.15, 0.2) is 0 Å². The molecule has 0 aromatic carbocycles. The summed E-state index contributed by atoms with van der Waals surface area (Å²) in [6, 6.07) is -1.08. The number of aliphatic carboxylic acids is 1. The maximum absolute atomic E-state index is 10.8. The Kier molecular flexibility index (Phi) is 1.88. The molecule has 0 spiro atoms. The van der Waals surface area contributed by atoms with Gasteiger partial charge in [-0.3, -0.25) is 9.69 Å². The molecule has 78 valence electrons. The molecule has 2 aliphatic heterocycles. The highest BCUT2D eigenvalue weighted by molar-refractivity contribution is 5.75. The minimum atomic E-state index is -1.14. The van der Waals surface area contributed by atoms with Gasteiger partial charge < -0.3 is 15.3 Å². The van der Waals surface area contributed by atoms with Gasteiger partial charge in [0.2, 0.25) is 0 Å². The van der Waals surface area contributed by atoms with Gasteiger partial charge in [-0.15, -0.1) is 0 Å². The first-order chi connectivity index (χ1) is 6.52. The molecule has 14 heavy (non-hydrogen) atoms. The van der Waals surface area contributed by atoms with Crippen molar-refractivity contribution in [2.45, 2.75) is 31.0 Å². The van der Waals surface area contributed by atoms with Crippen LogP contribution in [0.5, 0.6) is 0 Å². The molecule has 6 nitrogen and oxygen atoms in total. The van der Waals surface area contributed by atoms with Crippen molar-refractivity contribution in [1.29, 1.82) is 0 Å². The highest BCUT2D eigenvalue weighted by Crippen LogP contribution is 2.41. The van der Waals surface area contributed by atoms with Crippen molar-refractivity contribution in [3.63, 3.8) is 0 Å². The van der Waals surface area contributed by atoms with Gasteiger partial charge in [0.1, 0.15) is 0 Å². The first-order valence-electron chi connectivity index (χ1n) is 4.44. The smallest absolute Gasteiger partial charge is 0.407 e. The Morgan fingerprint density at radius 1 is 1.14 bits per heavy atom. The number of aliphatic hydroxyl groups is 1. The predicted molar refractivity (Wildman–Crippen MR) is 43.8 cm³/mol. The van der Waals surface area contributed by atoms with E-state index < -0.39 is 36.2 Å². The van der Waals surface area contributed by atoms with E-state index in [-0.39, 0.29) is 12.8 Å². The van der Waals surface area contributed by atoms with Gasteiger partial charge in [0, 0.05) is 0 Å². The molecule has 4 atom stereocenters. The molecular weight excluding hydrogens is 190 g/mol. The average molecular weight is 201 g/mol. The summed E-state index contributed by atoms with van der Waals surface area (Å²) in [6.07, 6.45) is -1.37. The third kappa shape index (κ3) is 1.07.